The predicted octanol–water partition coefficient (Wildman–Crippen LogP) is 5.76. The Morgan fingerprint density at radius 2 is 1.61 bits per heavy atom. The second kappa shape index (κ2) is 9.70. The van der Waals surface area contributed by atoms with Crippen LogP contribution in [0.4, 0.5) is 10.5 Å². The zero-order chi connectivity index (χ0) is 25.2. The molecule has 3 aromatic carbocycles. The Bertz CT molecular complexity index is 1420. The smallest absolute Gasteiger partial charge is 0.342 e. The second-order valence-corrected chi connectivity index (χ2v) is 9.34. The van der Waals surface area contributed by atoms with E-state index in [1.807, 2.05) is 56.3 Å². The average Bonchev–Trinajstić information content (AvgIpc) is 3.62. The molecule has 0 radical (unpaired) electrons. The maximum Gasteiger partial charge on any atom is 0.342 e. The number of nitrogens with one attached hydrogen (secondary N) is 2. The highest BCUT2D eigenvalue weighted by atomic mass is 16.3. The Balaban J connectivity index is 1.33. The van der Waals surface area contributed by atoms with Crippen molar-refractivity contribution in [3.8, 4) is 17.0 Å². The number of phenolic OH excluding ortho intramolecular Hbond substituents is 1. The van der Waals surface area contributed by atoms with Crippen molar-refractivity contribution in [2.24, 2.45) is 0 Å². The minimum atomic E-state index is -0.301. The molecule has 0 saturated heterocycles. The van der Waals surface area contributed by atoms with Crippen molar-refractivity contribution >= 4 is 17.6 Å². The molecule has 0 spiro atoms. The second-order valence-electron chi connectivity index (χ2n) is 9.34. The Kier molecular flexibility index (Phi) is 6.29. The summed E-state index contributed by atoms with van der Waals surface area (Å²) in [5, 5.41) is 21.0. The normalized spacial score (nSPS) is 12.8. The van der Waals surface area contributed by atoms with Crippen LogP contribution in [-0.2, 0) is 6.54 Å². The summed E-state index contributed by atoms with van der Waals surface area (Å²) in [6, 6.07) is 21.7. The van der Waals surface area contributed by atoms with Crippen LogP contribution >= 0.6 is 0 Å². The molecule has 1 fully saturated rings. The highest BCUT2D eigenvalue weighted by Crippen LogP contribution is 2.42. The first-order chi connectivity index (χ1) is 17.4. The van der Waals surface area contributed by atoms with Crippen molar-refractivity contribution in [1.82, 2.24) is 15.1 Å². The molecule has 36 heavy (non-hydrogen) atoms. The first kappa shape index (κ1) is 23.4. The van der Waals surface area contributed by atoms with Crippen molar-refractivity contribution < 1.29 is 14.7 Å². The van der Waals surface area contributed by atoms with E-state index in [0.29, 0.717) is 29.1 Å². The van der Waals surface area contributed by atoms with Crippen LogP contribution in [0.5, 0.6) is 5.75 Å². The molecule has 1 aliphatic carbocycles. The lowest BCUT2D eigenvalue weighted by Gasteiger charge is -2.09. The first-order valence-electron chi connectivity index (χ1n) is 12.0. The standard InChI is InChI=1S/C29H28N4O3/c1-18-3-7-20(8-4-18)17-30-29(36)33-26(21-11-12-21)16-25(32-33)24-14-13-23(15-27(24)34)31-28(35)22-9-5-19(2)6-10-22/h3-10,13-16,21,34H,11-12,17H2,1-2H3,(H,30,36)(H,31,35). The summed E-state index contributed by atoms with van der Waals surface area (Å²) < 4.78 is 1.41. The summed E-state index contributed by atoms with van der Waals surface area (Å²) >= 11 is 0. The maximum atomic E-state index is 13.0. The largest absolute Gasteiger partial charge is 0.507 e. The van der Waals surface area contributed by atoms with Crippen molar-refractivity contribution in [2.45, 2.75) is 39.2 Å². The minimum absolute atomic E-state index is 0.0243. The molecule has 3 N–H and O–H groups in total. The number of amides is 2. The summed E-state index contributed by atoms with van der Waals surface area (Å²) in [5.74, 6) is 0.00282. The number of benzene rings is 3. The van der Waals surface area contributed by atoms with Gasteiger partial charge in [0.15, 0.2) is 0 Å². The van der Waals surface area contributed by atoms with Crippen LogP contribution in [0.3, 0.4) is 0 Å². The molecule has 5 rings (SSSR count). The topological polar surface area (TPSA) is 96.3 Å². The molecule has 1 heterocycles. The highest BCUT2D eigenvalue weighted by molar-refractivity contribution is 6.04. The number of nitrogens with zero attached hydrogens (tertiary/aromatic N) is 2. The number of hydrogen-bond donors (Lipinski definition) is 3. The van der Waals surface area contributed by atoms with Crippen molar-refractivity contribution in [3.63, 3.8) is 0 Å². The molecule has 2 amide bonds. The van der Waals surface area contributed by atoms with Gasteiger partial charge in [-0.3, -0.25) is 4.79 Å². The number of aromatic nitrogens is 2. The molecule has 0 bridgehead atoms. The van der Waals surface area contributed by atoms with Gasteiger partial charge in [0, 0.05) is 35.3 Å². The average molecular weight is 481 g/mol. The van der Waals surface area contributed by atoms with Crippen LogP contribution in [-0.4, -0.2) is 26.8 Å². The van der Waals surface area contributed by atoms with Crippen LogP contribution in [0.1, 0.15) is 51.5 Å². The molecule has 0 unspecified atom stereocenters. The van der Waals surface area contributed by atoms with Crippen LogP contribution in [0.25, 0.3) is 11.3 Å². The van der Waals surface area contributed by atoms with Gasteiger partial charge in [0.2, 0.25) is 0 Å². The highest BCUT2D eigenvalue weighted by Gasteiger charge is 2.30. The lowest BCUT2D eigenvalue weighted by atomic mass is 10.1. The monoisotopic (exact) mass is 480 g/mol. The fourth-order valence-corrected chi connectivity index (χ4v) is 4.05. The Labute approximate surface area is 209 Å². The van der Waals surface area contributed by atoms with Gasteiger partial charge in [0.05, 0.1) is 11.4 Å². The lowest BCUT2D eigenvalue weighted by molar-refractivity contribution is 0.102. The van der Waals surface area contributed by atoms with Crippen LogP contribution in [0.15, 0.2) is 72.8 Å². The number of rotatable bonds is 6. The summed E-state index contributed by atoms with van der Waals surface area (Å²) in [6.45, 7) is 4.39. The molecule has 1 aromatic heterocycles. The van der Waals surface area contributed by atoms with E-state index in [0.717, 1.165) is 29.7 Å². The quantitative estimate of drug-likeness (QED) is 0.327. The minimum Gasteiger partial charge on any atom is -0.507 e. The SMILES string of the molecule is Cc1ccc(CNC(=O)n2nc(-c3ccc(NC(=O)c4ccc(C)cc4)cc3O)cc2C2CC2)cc1. The van der Waals surface area contributed by atoms with E-state index in [-0.39, 0.29) is 23.6 Å². The molecule has 1 aliphatic rings. The number of hydrogen-bond acceptors (Lipinski definition) is 4. The van der Waals surface area contributed by atoms with E-state index in [9.17, 15) is 14.7 Å². The third-order valence-corrected chi connectivity index (χ3v) is 6.33. The van der Waals surface area contributed by atoms with E-state index >= 15 is 0 Å². The van der Waals surface area contributed by atoms with Gasteiger partial charge >= 0.3 is 6.03 Å². The lowest BCUT2D eigenvalue weighted by Crippen LogP contribution is -2.30. The molecule has 182 valence electrons. The fourth-order valence-electron chi connectivity index (χ4n) is 4.05. The number of carbonyl (C=O) groups is 2. The van der Waals surface area contributed by atoms with Crippen LogP contribution < -0.4 is 10.6 Å². The predicted molar refractivity (Wildman–Crippen MR) is 139 cm³/mol. The van der Waals surface area contributed by atoms with Gasteiger partial charge in [0.1, 0.15) is 5.75 Å². The summed E-state index contributed by atoms with van der Waals surface area (Å²) in [5.41, 5.74) is 6.10. The third-order valence-electron chi connectivity index (χ3n) is 6.33. The molecule has 0 aliphatic heterocycles. The summed E-state index contributed by atoms with van der Waals surface area (Å²) in [6.07, 6.45) is 2.01. The van der Waals surface area contributed by atoms with Crippen LogP contribution in [0.2, 0.25) is 0 Å². The molecular formula is C29H28N4O3. The molecule has 7 nitrogen and oxygen atoms in total. The maximum absolute atomic E-state index is 13.0. The van der Waals surface area contributed by atoms with E-state index in [4.69, 9.17) is 0 Å². The zero-order valence-electron chi connectivity index (χ0n) is 20.3. The van der Waals surface area contributed by atoms with Gasteiger partial charge in [-0.1, -0.05) is 47.5 Å². The van der Waals surface area contributed by atoms with Gasteiger partial charge in [-0.25, -0.2) is 4.79 Å². The van der Waals surface area contributed by atoms with E-state index in [1.165, 1.54) is 16.3 Å². The first-order valence-corrected chi connectivity index (χ1v) is 12.0. The van der Waals surface area contributed by atoms with Gasteiger partial charge in [-0.2, -0.15) is 9.78 Å². The van der Waals surface area contributed by atoms with Crippen molar-refractivity contribution in [2.75, 3.05) is 5.32 Å². The number of phenols is 1. The van der Waals surface area contributed by atoms with E-state index in [1.54, 1.807) is 24.3 Å². The zero-order valence-corrected chi connectivity index (χ0v) is 20.3. The van der Waals surface area contributed by atoms with Gasteiger partial charge in [-0.15, -0.1) is 0 Å². The van der Waals surface area contributed by atoms with Crippen LogP contribution in [0, 0.1) is 13.8 Å². The molecule has 7 heteroatoms. The Hall–Kier alpha value is -4.39. The summed E-state index contributed by atoms with van der Waals surface area (Å²) in [7, 11) is 0. The number of carbonyl (C=O) groups excluding carboxylic acids is 2. The van der Waals surface area contributed by atoms with Crippen molar-refractivity contribution in [1.29, 1.82) is 0 Å². The fraction of sp³-hybridized carbons (Fsp3) is 0.207. The number of aryl methyl sites for hydroxylation is 2. The Morgan fingerprint density at radius 1 is 0.944 bits per heavy atom. The summed E-state index contributed by atoms with van der Waals surface area (Å²) in [4.78, 5) is 25.5. The molecular weight excluding hydrogens is 452 g/mol. The molecule has 4 aromatic rings. The van der Waals surface area contributed by atoms with Gasteiger partial charge < -0.3 is 15.7 Å². The number of aromatic hydroxyl groups is 1. The third kappa shape index (κ3) is 5.15. The molecule has 1 saturated carbocycles. The van der Waals surface area contributed by atoms with Gasteiger partial charge in [0.25, 0.3) is 5.91 Å². The van der Waals surface area contributed by atoms with E-state index < -0.39 is 0 Å². The van der Waals surface area contributed by atoms with Crippen molar-refractivity contribution in [3.05, 3.63) is 101 Å². The van der Waals surface area contributed by atoms with E-state index in [2.05, 4.69) is 15.7 Å². The number of anilines is 1. The van der Waals surface area contributed by atoms with Gasteiger partial charge in [-0.05, 0) is 62.6 Å². The Morgan fingerprint density at radius 3 is 2.25 bits per heavy atom. The molecule has 0 atom stereocenters.